The van der Waals surface area contributed by atoms with Gasteiger partial charge < -0.3 is 9.94 Å². The first-order valence-corrected chi connectivity index (χ1v) is 4.39. The van der Waals surface area contributed by atoms with E-state index in [9.17, 15) is 0 Å². The van der Waals surface area contributed by atoms with E-state index in [-0.39, 0.29) is 6.61 Å². The molecule has 1 aromatic carbocycles. The van der Waals surface area contributed by atoms with E-state index in [1.807, 2.05) is 24.3 Å². The Morgan fingerprint density at radius 1 is 1.50 bits per heavy atom. The third kappa shape index (κ3) is 1.67. The molecule has 0 amide bonds. The fourth-order valence-electron chi connectivity index (χ4n) is 1.12. The molecule has 0 spiro atoms. The molecule has 5 nitrogen and oxygen atoms in total. The molecule has 1 aromatic heterocycles. The number of hydrogen-bond acceptors (Lipinski definition) is 4. The lowest BCUT2D eigenvalue weighted by molar-refractivity contribution is 0.0222. The quantitative estimate of drug-likeness (QED) is 0.758. The monoisotopic (exact) mass is 193 g/mol. The van der Waals surface area contributed by atoms with E-state index in [1.54, 1.807) is 6.92 Å². The van der Waals surface area contributed by atoms with Gasteiger partial charge in [0.15, 0.2) is 0 Å². The SMILES string of the molecule is C[C@@H](O)COn1nnc2ccccc21. The highest BCUT2D eigenvalue weighted by molar-refractivity contribution is 5.73. The highest BCUT2D eigenvalue weighted by Crippen LogP contribution is 2.07. The second-order valence-electron chi connectivity index (χ2n) is 3.10. The lowest BCUT2D eigenvalue weighted by Crippen LogP contribution is -2.22. The van der Waals surface area contributed by atoms with Gasteiger partial charge in [-0.2, -0.15) is 0 Å². The highest BCUT2D eigenvalue weighted by atomic mass is 16.7. The van der Waals surface area contributed by atoms with Crippen molar-refractivity contribution in [3.63, 3.8) is 0 Å². The second-order valence-corrected chi connectivity index (χ2v) is 3.10. The third-order valence-electron chi connectivity index (χ3n) is 1.76. The minimum absolute atomic E-state index is 0.202. The molecular weight excluding hydrogens is 182 g/mol. The molecule has 1 N–H and O–H groups in total. The van der Waals surface area contributed by atoms with Crippen LogP contribution in [0.1, 0.15) is 6.92 Å². The Labute approximate surface area is 80.9 Å². The van der Waals surface area contributed by atoms with E-state index in [2.05, 4.69) is 10.3 Å². The summed E-state index contributed by atoms with van der Waals surface area (Å²) < 4.78 is 0. The molecule has 0 aliphatic rings. The van der Waals surface area contributed by atoms with E-state index < -0.39 is 6.10 Å². The lowest BCUT2D eigenvalue weighted by Gasteiger charge is -2.06. The number of rotatable bonds is 3. The van der Waals surface area contributed by atoms with Gasteiger partial charge in [-0.3, -0.25) is 0 Å². The van der Waals surface area contributed by atoms with Gasteiger partial charge in [0.2, 0.25) is 0 Å². The average Bonchev–Trinajstić information content (AvgIpc) is 2.58. The molecule has 0 aliphatic carbocycles. The zero-order chi connectivity index (χ0) is 9.97. The summed E-state index contributed by atoms with van der Waals surface area (Å²) in [5.74, 6) is 0. The largest absolute Gasteiger partial charge is 0.392 e. The number of nitrogens with zero attached hydrogens (tertiary/aromatic N) is 3. The van der Waals surface area contributed by atoms with Crippen LogP contribution in [0.15, 0.2) is 24.3 Å². The number of para-hydroxylation sites is 1. The molecule has 0 saturated heterocycles. The van der Waals surface area contributed by atoms with Crippen LogP contribution in [0.25, 0.3) is 11.0 Å². The zero-order valence-electron chi connectivity index (χ0n) is 7.79. The van der Waals surface area contributed by atoms with E-state index in [0.29, 0.717) is 0 Å². The predicted molar refractivity (Wildman–Crippen MR) is 50.7 cm³/mol. The first-order valence-electron chi connectivity index (χ1n) is 4.39. The van der Waals surface area contributed by atoms with Gasteiger partial charge in [-0.05, 0) is 24.3 Å². The van der Waals surface area contributed by atoms with Gasteiger partial charge in [0.1, 0.15) is 17.6 Å². The molecule has 74 valence electrons. The minimum atomic E-state index is -0.516. The summed E-state index contributed by atoms with van der Waals surface area (Å²) in [6, 6.07) is 7.48. The Hall–Kier alpha value is -1.62. The standard InChI is InChI=1S/C9H11N3O2/c1-7(13)6-14-12-9-5-3-2-4-8(9)10-11-12/h2-5,7,13H,6H2,1H3/t7-/m1/s1. The van der Waals surface area contributed by atoms with Crippen molar-refractivity contribution in [2.75, 3.05) is 6.61 Å². The summed E-state index contributed by atoms with van der Waals surface area (Å²) in [5.41, 5.74) is 1.58. The number of aliphatic hydroxyl groups is 1. The Kier molecular flexibility index (Phi) is 2.32. The molecule has 0 saturated carbocycles. The molecule has 0 aliphatic heterocycles. The van der Waals surface area contributed by atoms with Crippen molar-refractivity contribution in [3.05, 3.63) is 24.3 Å². The summed E-state index contributed by atoms with van der Waals surface area (Å²) in [5, 5.41) is 16.7. The van der Waals surface area contributed by atoms with Crippen molar-refractivity contribution in [2.45, 2.75) is 13.0 Å². The Morgan fingerprint density at radius 2 is 2.29 bits per heavy atom. The Morgan fingerprint density at radius 3 is 3.07 bits per heavy atom. The first-order chi connectivity index (χ1) is 6.77. The van der Waals surface area contributed by atoms with Crippen LogP contribution in [0.3, 0.4) is 0 Å². The van der Waals surface area contributed by atoms with E-state index >= 15 is 0 Å². The molecule has 0 bridgehead atoms. The van der Waals surface area contributed by atoms with Crippen molar-refractivity contribution in [1.82, 2.24) is 15.2 Å². The van der Waals surface area contributed by atoms with Gasteiger partial charge >= 0.3 is 0 Å². The van der Waals surface area contributed by atoms with Crippen LogP contribution in [-0.2, 0) is 0 Å². The number of fused-ring (bicyclic) bond motifs is 1. The van der Waals surface area contributed by atoms with Crippen LogP contribution in [0, 0.1) is 0 Å². The van der Waals surface area contributed by atoms with E-state index in [4.69, 9.17) is 9.94 Å². The summed E-state index contributed by atoms with van der Waals surface area (Å²) in [6.07, 6.45) is -0.516. The second kappa shape index (κ2) is 3.63. The normalized spacial score (nSPS) is 13.0. The maximum Gasteiger partial charge on any atom is 0.142 e. The summed E-state index contributed by atoms with van der Waals surface area (Å²) in [6.45, 7) is 1.85. The van der Waals surface area contributed by atoms with Crippen molar-refractivity contribution < 1.29 is 9.94 Å². The van der Waals surface area contributed by atoms with Gasteiger partial charge in [-0.25, -0.2) is 0 Å². The van der Waals surface area contributed by atoms with Gasteiger partial charge in [-0.1, -0.05) is 17.0 Å². The van der Waals surface area contributed by atoms with Gasteiger partial charge in [0, 0.05) is 0 Å². The van der Waals surface area contributed by atoms with Gasteiger partial charge in [-0.15, -0.1) is 5.10 Å². The fourth-order valence-corrected chi connectivity index (χ4v) is 1.12. The van der Waals surface area contributed by atoms with Gasteiger partial charge in [0.05, 0.1) is 6.10 Å². The van der Waals surface area contributed by atoms with Crippen LogP contribution in [-0.4, -0.2) is 33.0 Å². The Balaban J connectivity index is 2.25. The number of aliphatic hydroxyl groups excluding tert-OH is 1. The molecule has 1 heterocycles. The summed E-state index contributed by atoms with van der Waals surface area (Å²) in [4.78, 5) is 6.54. The van der Waals surface area contributed by atoms with Crippen LogP contribution in [0.4, 0.5) is 0 Å². The zero-order valence-corrected chi connectivity index (χ0v) is 7.79. The highest BCUT2D eigenvalue weighted by Gasteiger charge is 2.04. The van der Waals surface area contributed by atoms with Crippen LogP contribution in [0.5, 0.6) is 0 Å². The average molecular weight is 193 g/mol. The number of aromatic nitrogens is 3. The maximum atomic E-state index is 9.04. The predicted octanol–water partition coefficient (Wildman–Crippen LogP) is 0.241. The van der Waals surface area contributed by atoms with Crippen LogP contribution in [0.2, 0.25) is 0 Å². The van der Waals surface area contributed by atoms with Crippen molar-refractivity contribution in [1.29, 1.82) is 0 Å². The molecule has 0 unspecified atom stereocenters. The molecule has 1 atom stereocenters. The topological polar surface area (TPSA) is 60.2 Å². The van der Waals surface area contributed by atoms with Crippen LogP contribution < -0.4 is 4.84 Å². The minimum Gasteiger partial charge on any atom is -0.392 e. The Bertz CT molecular complexity index is 425. The molecular formula is C9H11N3O2. The van der Waals surface area contributed by atoms with Gasteiger partial charge in [0.25, 0.3) is 0 Å². The van der Waals surface area contributed by atoms with E-state index in [1.165, 1.54) is 4.85 Å². The molecule has 2 rings (SSSR count). The maximum absolute atomic E-state index is 9.04. The smallest absolute Gasteiger partial charge is 0.142 e. The lowest BCUT2D eigenvalue weighted by atomic mass is 10.3. The summed E-state index contributed by atoms with van der Waals surface area (Å²) in [7, 11) is 0. The molecule has 5 heteroatoms. The van der Waals surface area contributed by atoms with Crippen LogP contribution >= 0.6 is 0 Å². The van der Waals surface area contributed by atoms with Crippen molar-refractivity contribution >= 4 is 11.0 Å². The third-order valence-corrected chi connectivity index (χ3v) is 1.76. The number of benzene rings is 1. The van der Waals surface area contributed by atoms with E-state index in [0.717, 1.165) is 11.0 Å². The summed E-state index contributed by atoms with van der Waals surface area (Å²) >= 11 is 0. The van der Waals surface area contributed by atoms with Crippen molar-refractivity contribution in [2.24, 2.45) is 0 Å². The number of hydrogen-bond donors (Lipinski definition) is 1. The molecule has 2 aromatic rings. The molecule has 0 radical (unpaired) electrons. The van der Waals surface area contributed by atoms with Crippen molar-refractivity contribution in [3.8, 4) is 0 Å². The molecule has 0 fully saturated rings. The fraction of sp³-hybridized carbons (Fsp3) is 0.333. The first kappa shape index (κ1) is 8.96. The molecule has 14 heavy (non-hydrogen) atoms.